The average Bonchev–Trinajstić information content (AvgIpc) is 3.00. The van der Waals surface area contributed by atoms with Crippen LogP contribution in [0.25, 0.3) is 0 Å². The molecule has 1 aliphatic rings. The van der Waals surface area contributed by atoms with Crippen LogP contribution in [-0.2, 0) is 9.53 Å². The Morgan fingerprint density at radius 1 is 1.50 bits per heavy atom. The normalized spacial score (nSPS) is 15.6. The number of ether oxygens (including phenoxy) is 1. The van der Waals surface area contributed by atoms with E-state index in [1.54, 1.807) is 0 Å². The molecule has 92 valence electrons. The molecule has 0 spiro atoms. The molecule has 1 rings (SSSR count). The summed E-state index contributed by atoms with van der Waals surface area (Å²) in [4.78, 5) is 13.8. The Morgan fingerprint density at radius 2 is 2.12 bits per heavy atom. The SMILES string of the molecule is C=C(CN(CC1CC1)C(C)C)C(=O)OCC. The Bertz CT molecular complexity index is 257. The van der Waals surface area contributed by atoms with Crippen LogP contribution in [0.3, 0.4) is 0 Å². The van der Waals surface area contributed by atoms with E-state index in [1.165, 1.54) is 12.8 Å². The highest BCUT2D eigenvalue weighted by Gasteiger charge is 2.26. The van der Waals surface area contributed by atoms with Crippen molar-refractivity contribution in [2.24, 2.45) is 5.92 Å². The fourth-order valence-electron chi connectivity index (χ4n) is 1.63. The van der Waals surface area contributed by atoms with Gasteiger partial charge in [0.25, 0.3) is 0 Å². The fraction of sp³-hybridized carbons (Fsp3) is 0.769. The molecule has 0 aliphatic heterocycles. The first-order valence-electron chi connectivity index (χ1n) is 6.13. The van der Waals surface area contributed by atoms with E-state index in [4.69, 9.17) is 4.74 Å². The number of hydrogen-bond donors (Lipinski definition) is 0. The summed E-state index contributed by atoms with van der Waals surface area (Å²) in [6.45, 7) is 12.1. The summed E-state index contributed by atoms with van der Waals surface area (Å²) >= 11 is 0. The highest BCUT2D eigenvalue weighted by Crippen LogP contribution is 2.30. The van der Waals surface area contributed by atoms with Crippen LogP contribution in [0.5, 0.6) is 0 Å². The standard InChI is InChI=1S/C13H23NO2/c1-5-16-13(15)11(4)8-14(10(2)3)9-12-6-7-12/h10,12H,4-9H2,1-3H3. The highest BCUT2D eigenvalue weighted by molar-refractivity contribution is 5.88. The Hall–Kier alpha value is -0.830. The van der Waals surface area contributed by atoms with Gasteiger partial charge < -0.3 is 4.74 Å². The van der Waals surface area contributed by atoms with E-state index in [1.807, 2.05) is 6.92 Å². The number of carbonyl (C=O) groups is 1. The predicted octanol–water partition coefficient (Wildman–Crippen LogP) is 2.23. The summed E-state index contributed by atoms with van der Waals surface area (Å²) < 4.78 is 4.94. The van der Waals surface area contributed by atoms with Crippen LogP contribution in [0.1, 0.15) is 33.6 Å². The molecule has 0 bridgehead atoms. The minimum absolute atomic E-state index is 0.260. The number of carbonyl (C=O) groups excluding carboxylic acids is 1. The van der Waals surface area contributed by atoms with Crippen LogP contribution >= 0.6 is 0 Å². The van der Waals surface area contributed by atoms with Crippen LogP contribution < -0.4 is 0 Å². The molecular weight excluding hydrogens is 202 g/mol. The summed E-state index contributed by atoms with van der Waals surface area (Å²) in [7, 11) is 0. The lowest BCUT2D eigenvalue weighted by molar-refractivity contribution is -0.138. The number of hydrogen-bond acceptors (Lipinski definition) is 3. The molecule has 3 nitrogen and oxygen atoms in total. The maximum absolute atomic E-state index is 11.5. The van der Waals surface area contributed by atoms with Crippen molar-refractivity contribution in [1.29, 1.82) is 0 Å². The Balaban J connectivity index is 2.40. The van der Waals surface area contributed by atoms with Gasteiger partial charge in [-0.15, -0.1) is 0 Å². The van der Waals surface area contributed by atoms with E-state index < -0.39 is 0 Å². The van der Waals surface area contributed by atoms with E-state index in [2.05, 4.69) is 25.3 Å². The van der Waals surface area contributed by atoms with E-state index in [-0.39, 0.29) is 5.97 Å². The molecule has 1 aliphatic carbocycles. The predicted molar refractivity (Wildman–Crippen MR) is 65.2 cm³/mol. The van der Waals surface area contributed by atoms with Crippen LogP contribution in [0, 0.1) is 5.92 Å². The second-order valence-electron chi connectivity index (χ2n) is 4.79. The third kappa shape index (κ3) is 4.35. The van der Waals surface area contributed by atoms with Gasteiger partial charge in [0.1, 0.15) is 0 Å². The van der Waals surface area contributed by atoms with Gasteiger partial charge in [0.05, 0.1) is 6.61 Å². The molecule has 0 aromatic heterocycles. The van der Waals surface area contributed by atoms with Gasteiger partial charge >= 0.3 is 5.97 Å². The maximum Gasteiger partial charge on any atom is 0.334 e. The summed E-state index contributed by atoms with van der Waals surface area (Å²) in [6, 6.07) is 0.451. The minimum atomic E-state index is -0.260. The molecule has 3 heteroatoms. The molecule has 0 aromatic carbocycles. The van der Waals surface area contributed by atoms with E-state index >= 15 is 0 Å². The van der Waals surface area contributed by atoms with Crippen molar-refractivity contribution in [3.05, 3.63) is 12.2 Å². The van der Waals surface area contributed by atoms with Crippen molar-refractivity contribution in [2.45, 2.75) is 39.7 Å². The first kappa shape index (κ1) is 13.2. The van der Waals surface area contributed by atoms with Crippen molar-refractivity contribution >= 4 is 5.97 Å². The zero-order valence-corrected chi connectivity index (χ0v) is 10.7. The van der Waals surface area contributed by atoms with Crippen LogP contribution in [0.4, 0.5) is 0 Å². The summed E-state index contributed by atoms with van der Waals surface area (Å²) in [5.74, 6) is 0.571. The number of esters is 1. The molecule has 0 heterocycles. The largest absolute Gasteiger partial charge is 0.463 e. The lowest BCUT2D eigenvalue weighted by Gasteiger charge is -2.26. The molecule has 0 atom stereocenters. The van der Waals surface area contributed by atoms with Gasteiger partial charge in [-0.25, -0.2) is 4.79 Å². The average molecular weight is 225 g/mol. The zero-order chi connectivity index (χ0) is 12.1. The molecule has 0 unspecified atom stereocenters. The molecule has 0 N–H and O–H groups in total. The maximum atomic E-state index is 11.5. The summed E-state index contributed by atoms with van der Waals surface area (Å²) in [5.41, 5.74) is 0.566. The van der Waals surface area contributed by atoms with Gasteiger partial charge in [-0.05, 0) is 39.5 Å². The minimum Gasteiger partial charge on any atom is -0.463 e. The lowest BCUT2D eigenvalue weighted by atomic mass is 10.2. The molecule has 1 saturated carbocycles. The monoisotopic (exact) mass is 225 g/mol. The van der Waals surface area contributed by atoms with E-state index in [0.29, 0.717) is 24.8 Å². The van der Waals surface area contributed by atoms with E-state index in [0.717, 1.165) is 12.5 Å². The van der Waals surface area contributed by atoms with Crippen LogP contribution in [-0.4, -0.2) is 36.6 Å². The lowest BCUT2D eigenvalue weighted by Crippen LogP contribution is -2.35. The zero-order valence-electron chi connectivity index (χ0n) is 10.7. The molecule has 0 aromatic rings. The first-order chi connectivity index (χ1) is 7.54. The third-order valence-corrected chi connectivity index (χ3v) is 2.88. The Kier molecular flexibility index (Phi) is 5.00. The van der Waals surface area contributed by atoms with Crippen LogP contribution in [0.15, 0.2) is 12.2 Å². The second kappa shape index (κ2) is 6.04. The van der Waals surface area contributed by atoms with Gasteiger partial charge in [0, 0.05) is 24.7 Å². The molecular formula is C13H23NO2. The Labute approximate surface area is 98.5 Å². The third-order valence-electron chi connectivity index (χ3n) is 2.88. The number of rotatable bonds is 7. The van der Waals surface area contributed by atoms with E-state index in [9.17, 15) is 4.79 Å². The molecule has 16 heavy (non-hydrogen) atoms. The highest BCUT2D eigenvalue weighted by atomic mass is 16.5. The first-order valence-corrected chi connectivity index (χ1v) is 6.13. The number of nitrogens with zero attached hydrogens (tertiary/aromatic N) is 1. The van der Waals surface area contributed by atoms with Gasteiger partial charge in [-0.2, -0.15) is 0 Å². The van der Waals surface area contributed by atoms with Crippen molar-refractivity contribution < 1.29 is 9.53 Å². The Morgan fingerprint density at radius 3 is 2.56 bits per heavy atom. The molecule has 0 amide bonds. The molecule has 1 fully saturated rings. The van der Waals surface area contributed by atoms with Crippen molar-refractivity contribution in [2.75, 3.05) is 19.7 Å². The topological polar surface area (TPSA) is 29.5 Å². The van der Waals surface area contributed by atoms with Crippen molar-refractivity contribution in [3.63, 3.8) is 0 Å². The van der Waals surface area contributed by atoms with Crippen molar-refractivity contribution in [3.8, 4) is 0 Å². The molecule has 0 saturated heterocycles. The van der Waals surface area contributed by atoms with Gasteiger partial charge in [-0.1, -0.05) is 6.58 Å². The van der Waals surface area contributed by atoms with Gasteiger partial charge in [0.15, 0.2) is 0 Å². The van der Waals surface area contributed by atoms with Gasteiger partial charge in [-0.3, -0.25) is 4.90 Å². The smallest absolute Gasteiger partial charge is 0.334 e. The summed E-state index contributed by atoms with van der Waals surface area (Å²) in [5, 5.41) is 0. The second-order valence-corrected chi connectivity index (χ2v) is 4.79. The quantitative estimate of drug-likeness (QED) is 0.491. The summed E-state index contributed by atoms with van der Waals surface area (Å²) in [6.07, 6.45) is 2.66. The fourth-order valence-corrected chi connectivity index (χ4v) is 1.63. The van der Waals surface area contributed by atoms with Gasteiger partial charge in [0.2, 0.25) is 0 Å². The van der Waals surface area contributed by atoms with Crippen molar-refractivity contribution in [1.82, 2.24) is 4.90 Å². The van der Waals surface area contributed by atoms with Crippen LogP contribution in [0.2, 0.25) is 0 Å². The molecule has 0 radical (unpaired) electrons.